The van der Waals surface area contributed by atoms with E-state index in [9.17, 15) is 13.6 Å². The fourth-order valence-corrected chi connectivity index (χ4v) is 1.67. The second-order valence-corrected chi connectivity index (χ2v) is 3.62. The lowest BCUT2D eigenvalue weighted by atomic mass is 9.87. The fraction of sp³-hybridized carbons (Fsp3) is 0.375. The molecule has 66 valence electrons. The maximum Gasteiger partial charge on any atom is 0.270 e. The molecule has 12 heavy (non-hydrogen) atoms. The van der Waals surface area contributed by atoms with Crippen LogP contribution in [0.1, 0.15) is 6.92 Å². The summed E-state index contributed by atoms with van der Waals surface area (Å²) in [7, 11) is 1.05. The number of rotatable bonds is 1. The van der Waals surface area contributed by atoms with E-state index < -0.39 is 17.4 Å². The molecule has 3 unspecified atom stereocenters. The first-order chi connectivity index (χ1) is 5.46. The van der Waals surface area contributed by atoms with Gasteiger partial charge in [0.25, 0.3) is 5.52 Å². The van der Waals surface area contributed by atoms with Gasteiger partial charge in [0, 0.05) is 9.24 Å². The Kier molecular flexibility index (Phi) is 2.43. The van der Waals surface area contributed by atoms with E-state index in [1.165, 1.54) is 12.2 Å². The molecule has 3 atom stereocenters. The van der Waals surface area contributed by atoms with Gasteiger partial charge in [0.15, 0.2) is 5.67 Å². The Labute approximate surface area is 71.7 Å². The quantitative estimate of drug-likeness (QED) is 0.578. The lowest BCUT2D eigenvalue weighted by molar-refractivity contribution is -0.116. The van der Waals surface area contributed by atoms with Crippen LogP contribution in [0.5, 0.6) is 0 Å². The van der Waals surface area contributed by atoms with Crippen molar-refractivity contribution in [3.05, 3.63) is 24.1 Å². The second kappa shape index (κ2) is 3.06. The predicted molar refractivity (Wildman–Crippen MR) is 47.4 cm³/mol. The fourth-order valence-electron chi connectivity index (χ4n) is 1.15. The van der Waals surface area contributed by atoms with Gasteiger partial charge in [0.2, 0.25) is 0 Å². The highest BCUT2D eigenvalue weighted by atomic mass is 31.0. The Morgan fingerprint density at radius 2 is 2.33 bits per heavy atom. The summed E-state index contributed by atoms with van der Waals surface area (Å²) in [5, 5.41) is 0. The van der Waals surface area contributed by atoms with E-state index in [0.29, 0.717) is 0 Å². The van der Waals surface area contributed by atoms with Gasteiger partial charge in [-0.05, 0) is 13.0 Å². The first-order valence-corrected chi connectivity index (χ1v) is 4.26. The summed E-state index contributed by atoms with van der Waals surface area (Å²) in [4.78, 5) is 10.9. The molecule has 1 aliphatic rings. The van der Waals surface area contributed by atoms with Crippen molar-refractivity contribution in [2.75, 3.05) is 0 Å². The molecule has 0 aromatic rings. The molecule has 0 spiro atoms. The van der Waals surface area contributed by atoms with Gasteiger partial charge in [0.1, 0.15) is 11.7 Å². The van der Waals surface area contributed by atoms with Crippen molar-refractivity contribution in [2.45, 2.75) is 12.6 Å². The number of allylic oxidation sites excluding steroid dienone is 4. The van der Waals surface area contributed by atoms with E-state index in [2.05, 4.69) is 0 Å². The minimum absolute atomic E-state index is 0.334. The molecule has 0 fully saturated rings. The average molecular weight is 191 g/mol. The molecule has 0 N–H and O–H groups in total. The van der Waals surface area contributed by atoms with Gasteiger partial charge in [-0.25, -0.2) is 8.78 Å². The van der Waals surface area contributed by atoms with E-state index in [0.717, 1.165) is 22.2 Å². The lowest BCUT2D eigenvalue weighted by Gasteiger charge is -2.24. The summed E-state index contributed by atoms with van der Waals surface area (Å²) in [6.45, 7) is 1.08. The molecule has 0 radical (unpaired) electrons. The molecule has 0 saturated carbocycles. The largest absolute Gasteiger partial charge is 0.270 e. The topological polar surface area (TPSA) is 17.1 Å². The van der Waals surface area contributed by atoms with E-state index >= 15 is 0 Å². The van der Waals surface area contributed by atoms with E-state index in [1.807, 2.05) is 0 Å². The van der Waals surface area contributed by atoms with Crippen LogP contribution in [-0.2, 0) is 4.79 Å². The standard InChI is InChI=1S/C8H9F2OP/c1-8(10)5(7(11)12)3-2-4-6(8)9/h2-5H,12H2,1H3/p+1. The van der Waals surface area contributed by atoms with Crippen LogP contribution in [0, 0.1) is 5.92 Å². The van der Waals surface area contributed by atoms with Gasteiger partial charge in [-0.15, -0.1) is 0 Å². The number of alkyl halides is 1. The molecular weight excluding hydrogens is 181 g/mol. The van der Waals surface area contributed by atoms with Crippen LogP contribution >= 0.6 is 9.24 Å². The van der Waals surface area contributed by atoms with E-state index in [-0.39, 0.29) is 5.52 Å². The minimum Gasteiger partial charge on any atom is -0.253 e. The summed E-state index contributed by atoms with van der Waals surface area (Å²) >= 11 is 0. The van der Waals surface area contributed by atoms with Gasteiger partial charge in [0.05, 0.1) is 0 Å². The number of halogens is 2. The van der Waals surface area contributed by atoms with Crippen molar-refractivity contribution in [3.63, 3.8) is 0 Å². The summed E-state index contributed by atoms with van der Waals surface area (Å²) < 4.78 is 26.3. The molecule has 1 aliphatic carbocycles. The normalized spacial score (nSPS) is 34.9. The van der Waals surface area contributed by atoms with E-state index in [1.54, 1.807) is 0 Å². The Hall–Kier alpha value is -0.560. The van der Waals surface area contributed by atoms with Gasteiger partial charge in [-0.1, -0.05) is 12.2 Å². The van der Waals surface area contributed by atoms with Crippen molar-refractivity contribution < 1.29 is 13.6 Å². The van der Waals surface area contributed by atoms with Crippen LogP contribution in [0.2, 0.25) is 0 Å². The third kappa shape index (κ3) is 1.46. The third-order valence-electron chi connectivity index (χ3n) is 1.94. The summed E-state index contributed by atoms with van der Waals surface area (Å²) in [5.74, 6) is -1.85. The van der Waals surface area contributed by atoms with Crippen molar-refractivity contribution in [1.29, 1.82) is 0 Å². The van der Waals surface area contributed by atoms with Crippen molar-refractivity contribution in [2.24, 2.45) is 5.92 Å². The molecule has 4 heteroatoms. The zero-order valence-corrected chi connectivity index (χ0v) is 8.09. The monoisotopic (exact) mass is 191 g/mol. The van der Waals surface area contributed by atoms with Gasteiger partial charge in [-0.2, -0.15) is 0 Å². The zero-order chi connectivity index (χ0) is 9.35. The molecule has 0 amide bonds. The molecular formula is C8H10F2OP+. The Balaban J connectivity index is 3.01. The summed E-state index contributed by atoms with van der Waals surface area (Å²) in [6, 6.07) is 0. The minimum atomic E-state index is -2.16. The Morgan fingerprint density at radius 1 is 1.75 bits per heavy atom. The Morgan fingerprint density at radius 3 is 2.75 bits per heavy atom. The van der Waals surface area contributed by atoms with Crippen LogP contribution in [0.15, 0.2) is 24.1 Å². The highest BCUT2D eigenvalue weighted by Gasteiger charge is 2.43. The SMILES string of the molecule is CC1(F)C(F)=CC=CC1C(=O)[PH3+]. The van der Waals surface area contributed by atoms with Crippen molar-refractivity contribution >= 4 is 14.8 Å². The number of hydrogen-bond donors (Lipinski definition) is 0. The summed E-state index contributed by atoms with van der Waals surface area (Å²) in [6.07, 6.45) is 3.80. The van der Waals surface area contributed by atoms with Gasteiger partial charge in [-0.3, -0.25) is 4.79 Å². The molecule has 0 heterocycles. The molecule has 1 rings (SSSR count). The first-order valence-electron chi connectivity index (χ1n) is 3.55. The highest BCUT2D eigenvalue weighted by Crippen LogP contribution is 2.36. The number of carbonyl (C=O) groups excluding carboxylic acids is 1. The smallest absolute Gasteiger partial charge is 0.253 e. The maximum atomic E-state index is 13.5. The van der Waals surface area contributed by atoms with E-state index in [4.69, 9.17) is 0 Å². The van der Waals surface area contributed by atoms with Crippen molar-refractivity contribution in [1.82, 2.24) is 0 Å². The zero-order valence-electron chi connectivity index (χ0n) is 6.68. The maximum absolute atomic E-state index is 13.5. The van der Waals surface area contributed by atoms with Crippen molar-refractivity contribution in [3.8, 4) is 0 Å². The van der Waals surface area contributed by atoms with Crippen LogP contribution in [0.4, 0.5) is 8.78 Å². The number of hydrogen-bond acceptors (Lipinski definition) is 1. The van der Waals surface area contributed by atoms with Crippen LogP contribution in [-0.4, -0.2) is 11.2 Å². The predicted octanol–water partition coefficient (Wildman–Crippen LogP) is 1.89. The van der Waals surface area contributed by atoms with Gasteiger partial charge >= 0.3 is 0 Å². The highest BCUT2D eigenvalue weighted by molar-refractivity contribution is 7.40. The van der Waals surface area contributed by atoms with Crippen LogP contribution in [0.25, 0.3) is 0 Å². The molecule has 0 saturated heterocycles. The third-order valence-corrected chi connectivity index (χ3v) is 2.38. The first kappa shape index (κ1) is 9.53. The average Bonchev–Trinajstić information content (AvgIpc) is 1.94. The number of carbonyl (C=O) groups is 1. The van der Waals surface area contributed by atoms with Crippen LogP contribution in [0.3, 0.4) is 0 Å². The molecule has 0 aromatic carbocycles. The molecule has 1 nitrogen and oxygen atoms in total. The summed E-state index contributed by atoms with van der Waals surface area (Å²) in [5.41, 5.74) is -2.49. The Bertz CT molecular complexity index is 268. The molecule has 0 aromatic heterocycles. The molecule has 0 aliphatic heterocycles. The van der Waals surface area contributed by atoms with Gasteiger partial charge < -0.3 is 0 Å². The van der Waals surface area contributed by atoms with Crippen LogP contribution < -0.4 is 0 Å². The molecule has 0 bridgehead atoms. The lowest BCUT2D eigenvalue weighted by Crippen LogP contribution is -2.34. The second-order valence-electron chi connectivity index (χ2n) is 2.92.